The average Bonchev–Trinajstić information content (AvgIpc) is 3.82. The maximum atomic E-state index is 2.54. The number of aromatic nitrogens is 2. The molecule has 0 unspecified atom stereocenters. The fourth-order valence-electron chi connectivity index (χ4n) is 9.22. The van der Waals surface area contributed by atoms with Crippen LogP contribution in [-0.4, -0.2) is 9.13 Å². The van der Waals surface area contributed by atoms with E-state index < -0.39 is 0 Å². The second-order valence-corrected chi connectivity index (χ2v) is 13.6. The monoisotopic (exact) mass is 632 g/mol. The maximum absolute atomic E-state index is 2.54. The van der Waals surface area contributed by atoms with Crippen molar-refractivity contribution in [1.29, 1.82) is 0 Å². The van der Waals surface area contributed by atoms with Crippen LogP contribution in [-0.2, 0) is 0 Å². The standard InChI is InChI=1S/C48H28N2/c1-3-14-31-29(11-1)13-9-22-40(31)50-41-21-8-7-18-35(41)38-25-28-44-47(48(38)50)46-32-15-4-2-12-30(32)23-26-43(46)49(44)42-27-24-37-34-17-6-5-16-33(34)36-19-10-20-39(42)45(36)37/h1-28H. The van der Waals surface area contributed by atoms with Crippen molar-refractivity contribution in [2.24, 2.45) is 0 Å². The molecular formula is C48H28N2. The van der Waals surface area contributed by atoms with Crippen molar-refractivity contribution in [2.45, 2.75) is 0 Å². The van der Waals surface area contributed by atoms with Crippen LogP contribution in [0.15, 0.2) is 170 Å². The summed E-state index contributed by atoms with van der Waals surface area (Å²) >= 11 is 0. The van der Waals surface area contributed by atoms with Crippen molar-refractivity contribution in [3.8, 4) is 33.6 Å². The molecule has 0 spiro atoms. The van der Waals surface area contributed by atoms with Gasteiger partial charge >= 0.3 is 0 Å². The van der Waals surface area contributed by atoms with Crippen LogP contribution in [0.5, 0.6) is 0 Å². The van der Waals surface area contributed by atoms with Gasteiger partial charge < -0.3 is 9.13 Å². The van der Waals surface area contributed by atoms with Crippen LogP contribution < -0.4 is 0 Å². The molecule has 2 aromatic heterocycles. The molecule has 0 radical (unpaired) electrons. The van der Waals surface area contributed by atoms with E-state index in [2.05, 4.69) is 179 Å². The third-order valence-electron chi connectivity index (χ3n) is 11.2. The van der Waals surface area contributed by atoms with Crippen LogP contribution in [0, 0.1) is 0 Å². The van der Waals surface area contributed by atoms with Crippen LogP contribution in [0.1, 0.15) is 0 Å². The van der Waals surface area contributed by atoms with E-state index in [1.165, 1.54) is 110 Å². The summed E-state index contributed by atoms with van der Waals surface area (Å²) in [6, 6.07) is 62.9. The predicted octanol–water partition coefficient (Wildman–Crippen LogP) is 13.0. The Morgan fingerprint density at radius 1 is 0.260 bits per heavy atom. The third kappa shape index (κ3) is 3.23. The van der Waals surface area contributed by atoms with Crippen molar-refractivity contribution in [2.75, 3.05) is 0 Å². The van der Waals surface area contributed by atoms with Gasteiger partial charge in [-0.3, -0.25) is 0 Å². The van der Waals surface area contributed by atoms with Gasteiger partial charge in [0.15, 0.2) is 0 Å². The zero-order chi connectivity index (χ0) is 32.5. The van der Waals surface area contributed by atoms with Crippen LogP contribution >= 0.6 is 0 Å². The largest absolute Gasteiger partial charge is 0.309 e. The van der Waals surface area contributed by atoms with Crippen molar-refractivity contribution < 1.29 is 0 Å². The van der Waals surface area contributed by atoms with Crippen LogP contribution in [0.4, 0.5) is 0 Å². The lowest BCUT2D eigenvalue weighted by Gasteiger charge is -2.14. The molecular weight excluding hydrogens is 605 g/mol. The Morgan fingerprint density at radius 2 is 0.840 bits per heavy atom. The molecule has 0 amide bonds. The molecule has 2 nitrogen and oxygen atoms in total. The summed E-state index contributed by atoms with van der Waals surface area (Å²) in [4.78, 5) is 0. The average molecular weight is 633 g/mol. The normalized spacial score (nSPS) is 12.4. The van der Waals surface area contributed by atoms with Crippen LogP contribution in [0.2, 0.25) is 0 Å². The van der Waals surface area contributed by atoms with Crippen LogP contribution in [0.3, 0.4) is 0 Å². The maximum Gasteiger partial charge on any atom is 0.0641 e. The highest BCUT2D eigenvalue weighted by Crippen LogP contribution is 2.50. The molecule has 230 valence electrons. The number of benzene rings is 9. The quantitative estimate of drug-likeness (QED) is 0.179. The van der Waals surface area contributed by atoms with Gasteiger partial charge in [0.25, 0.3) is 0 Å². The Balaban J connectivity index is 1.32. The molecule has 9 aromatic carbocycles. The zero-order valence-electron chi connectivity index (χ0n) is 27.1. The van der Waals surface area contributed by atoms with Crippen molar-refractivity contribution >= 4 is 75.9 Å². The fraction of sp³-hybridized carbons (Fsp3) is 0. The Hall–Kier alpha value is -6.64. The second kappa shape index (κ2) is 9.49. The molecule has 0 aliphatic heterocycles. The van der Waals surface area contributed by atoms with Gasteiger partial charge in [0.05, 0.1) is 33.4 Å². The molecule has 2 heteroatoms. The lowest BCUT2D eigenvalue weighted by Crippen LogP contribution is -1.97. The van der Waals surface area contributed by atoms with E-state index >= 15 is 0 Å². The first-order valence-electron chi connectivity index (χ1n) is 17.4. The Kier molecular flexibility index (Phi) is 5.00. The summed E-state index contributed by atoms with van der Waals surface area (Å²) < 4.78 is 5.07. The lowest BCUT2D eigenvalue weighted by molar-refractivity contribution is 1.19. The number of rotatable bonds is 2. The van der Waals surface area contributed by atoms with Gasteiger partial charge in [-0.15, -0.1) is 0 Å². The molecule has 11 aromatic rings. The van der Waals surface area contributed by atoms with Gasteiger partial charge in [0, 0.05) is 32.3 Å². The fourth-order valence-corrected chi connectivity index (χ4v) is 9.22. The number of para-hydroxylation sites is 1. The predicted molar refractivity (Wildman–Crippen MR) is 212 cm³/mol. The van der Waals surface area contributed by atoms with E-state index in [1.807, 2.05) is 0 Å². The first-order valence-corrected chi connectivity index (χ1v) is 17.4. The van der Waals surface area contributed by atoms with Gasteiger partial charge in [0.2, 0.25) is 0 Å². The second-order valence-electron chi connectivity index (χ2n) is 13.6. The summed E-state index contributed by atoms with van der Waals surface area (Å²) in [5.74, 6) is 0. The minimum absolute atomic E-state index is 1.20. The van der Waals surface area contributed by atoms with Crippen molar-refractivity contribution in [1.82, 2.24) is 9.13 Å². The smallest absolute Gasteiger partial charge is 0.0641 e. The van der Waals surface area contributed by atoms with E-state index in [0.29, 0.717) is 0 Å². The lowest BCUT2D eigenvalue weighted by atomic mass is 10.0. The summed E-state index contributed by atoms with van der Waals surface area (Å²) in [6.07, 6.45) is 0. The van der Waals surface area contributed by atoms with Crippen molar-refractivity contribution in [3.63, 3.8) is 0 Å². The first kappa shape index (κ1) is 26.3. The molecule has 0 saturated carbocycles. The summed E-state index contributed by atoms with van der Waals surface area (Å²) in [5, 5.41) is 12.7. The molecule has 0 atom stereocenters. The van der Waals surface area contributed by atoms with E-state index in [4.69, 9.17) is 0 Å². The van der Waals surface area contributed by atoms with Gasteiger partial charge in [-0.25, -0.2) is 0 Å². The molecule has 0 fully saturated rings. The summed E-state index contributed by atoms with van der Waals surface area (Å²) in [6.45, 7) is 0. The summed E-state index contributed by atoms with van der Waals surface area (Å²) in [5.41, 5.74) is 12.6. The summed E-state index contributed by atoms with van der Waals surface area (Å²) in [7, 11) is 0. The van der Waals surface area contributed by atoms with E-state index in [1.54, 1.807) is 0 Å². The molecule has 12 rings (SSSR count). The highest BCUT2D eigenvalue weighted by molar-refractivity contribution is 6.32. The van der Waals surface area contributed by atoms with Gasteiger partial charge in [0.1, 0.15) is 0 Å². The molecule has 0 saturated heterocycles. The third-order valence-corrected chi connectivity index (χ3v) is 11.2. The molecule has 1 aliphatic carbocycles. The Bertz CT molecular complexity index is 3230. The highest BCUT2D eigenvalue weighted by atomic mass is 15.0. The molecule has 2 heterocycles. The number of hydrogen-bond donors (Lipinski definition) is 0. The van der Waals surface area contributed by atoms with E-state index in [9.17, 15) is 0 Å². The zero-order valence-corrected chi connectivity index (χ0v) is 27.1. The van der Waals surface area contributed by atoms with Crippen molar-refractivity contribution in [3.05, 3.63) is 170 Å². The number of fused-ring (bicyclic) bond motifs is 13. The van der Waals surface area contributed by atoms with Gasteiger partial charge in [-0.05, 0) is 74.1 Å². The molecule has 1 aliphatic rings. The SMILES string of the molecule is c1ccc2c(c1)-c1cccc3c(-n4c5ccc6ccccc6c5c5c4ccc4c6ccccc6n(-c6cccc7ccccc67)c45)ccc-2c13. The molecule has 0 N–H and O–H groups in total. The Morgan fingerprint density at radius 3 is 1.70 bits per heavy atom. The molecule has 50 heavy (non-hydrogen) atoms. The number of nitrogens with zero attached hydrogens (tertiary/aromatic N) is 2. The highest BCUT2D eigenvalue weighted by Gasteiger charge is 2.26. The Labute approximate surface area is 287 Å². The first-order chi connectivity index (χ1) is 24.8. The van der Waals surface area contributed by atoms with Crippen LogP contribution in [0.25, 0.3) is 110 Å². The molecule has 0 bridgehead atoms. The van der Waals surface area contributed by atoms with E-state index in [0.717, 1.165) is 0 Å². The minimum atomic E-state index is 1.20. The topological polar surface area (TPSA) is 9.86 Å². The van der Waals surface area contributed by atoms with Gasteiger partial charge in [-0.1, -0.05) is 140 Å². The minimum Gasteiger partial charge on any atom is -0.309 e. The van der Waals surface area contributed by atoms with Gasteiger partial charge in [-0.2, -0.15) is 0 Å². The number of hydrogen-bond acceptors (Lipinski definition) is 0. The van der Waals surface area contributed by atoms with E-state index in [-0.39, 0.29) is 0 Å².